The van der Waals surface area contributed by atoms with E-state index in [1.165, 1.54) is 0 Å². The molecular weight excluding hydrogens is 156 g/mol. The Balaban J connectivity index is 1.89. The Labute approximate surface area is 70.3 Å². The minimum Gasteiger partial charge on any atom is -0.366 e. The topological polar surface area (TPSA) is 42.1 Å². The summed E-state index contributed by atoms with van der Waals surface area (Å²) < 4.78 is 10.7. The summed E-state index contributed by atoms with van der Waals surface area (Å²) in [5.74, 6) is 0.153. The highest BCUT2D eigenvalue weighted by Crippen LogP contribution is 2.45. The molecule has 2 saturated heterocycles. The number of hydrogen-bond acceptors (Lipinski definition) is 3. The molecule has 0 aromatic carbocycles. The van der Waals surface area contributed by atoms with E-state index in [0.29, 0.717) is 0 Å². The average molecular weight is 166 g/mol. The summed E-state index contributed by atoms with van der Waals surface area (Å²) in [6.07, 6.45) is 3.72. The van der Waals surface area contributed by atoms with Crippen LogP contribution in [0.1, 0.15) is 13.3 Å². The Bertz CT molecular complexity index is 281. The number of hydrogen-bond donors (Lipinski definition) is 0. The van der Waals surface area contributed by atoms with Crippen LogP contribution in [0.25, 0.3) is 0 Å². The van der Waals surface area contributed by atoms with E-state index >= 15 is 0 Å². The van der Waals surface area contributed by atoms with Crippen LogP contribution in [0.2, 0.25) is 0 Å². The lowest BCUT2D eigenvalue weighted by Crippen LogP contribution is -2.03. The van der Waals surface area contributed by atoms with Crippen molar-refractivity contribution in [2.45, 2.75) is 37.8 Å². The van der Waals surface area contributed by atoms with Crippen LogP contribution in [0, 0.1) is 0 Å². The summed E-state index contributed by atoms with van der Waals surface area (Å²) in [4.78, 5) is 11.1. The number of epoxide rings is 2. The summed E-state index contributed by atoms with van der Waals surface area (Å²) in [6.45, 7) is 1.60. The van der Waals surface area contributed by atoms with Crippen molar-refractivity contribution in [2.24, 2.45) is 0 Å². The zero-order valence-electron chi connectivity index (χ0n) is 6.82. The average Bonchev–Trinajstić information content (AvgIpc) is 2.72. The molecule has 64 valence electrons. The van der Waals surface area contributed by atoms with Gasteiger partial charge in [-0.15, -0.1) is 0 Å². The van der Waals surface area contributed by atoms with Gasteiger partial charge in [-0.25, -0.2) is 0 Å². The summed E-state index contributed by atoms with van der Waals surface area (Å²) in [5.41, 5.74) is 0.882. The molecule has 0 N–H and O–H groups in total. The maximum Gasteiger partial charge on any atom is 0.155 e. The second kappa shape index (κ2) is 1.98. The van der Waals surface area contributed by atoms with E-state index in [9.17, 15) is 4.79 Å². The molecule has 0 spiro atoms. The fraction of sp³-hybridized carbons (Fsp3) is 0.667. The van der Waals surface area contributed by atoms with Crippen molar-refractivity contribution in [3.05, 3.63) is 11.6 Å². The molecular formula is C9H10O3. The molecule has 4 atom stereocenters. The molecule has 0 bridgehead atoms. The summed E-state index contributed by atoms with van der Waals surface area (Å²) >= 11 is 0. The quantitative estimate of drug-likeness (QED) is 0.531. The molecule has 3 aliphatic rings. The number of fused-ring (bicyclic) bond motifs is 3. The van der Waals surface area contributed by atoms with Gasteiger partial charge in [0.15, 0.2) is 5.78 Å². The van der Waals surface area contributed by atoms with Crippen LogP contribution < -0.4 is 0 Å². The van der Waals surface area contributed by atoms with Gasteiger partial charge in [-0.3, -0.25) is 4.79 Å². The highest BCUT2D eigenvalue weighted by Gasteiger charge is 2.58. The van der Waals surface area contributed by atoms with Gasteiger partial charge in [0.2, 0.25) is 0 Å². The van der Waals surface area contributed by atoms with Crippen molar-refractivity contribution in [1.82, 2.24) is 0 Å². The second-order valence-corrected chi connectivity index (χ2v) is 3.66. The number of ketones is 1. The number of Topliss-reactive ketones (excluding diaryl/α,β-unsaturated/α-hetero) is 1. The van der Waals surface area contributed by atoms with E-state index < -0.39 is 0 Å². The Hall–Kier alpha value is -0.670. The van der Waals surface area contributed by atoms with Crippen LogP contribution in [-0.2, 0) is 14.3 Å². The van der Waals surface area contributed by atoms with E-state index in [1.807, 2.05) is 6.08 Å². The predicted octanol–water partition coefficient (Wildman–Crippen LogP) is 0.440. The van der Waals surface area contributed by atoms with E-state index in [1.54, 1.807) is 6.92 Å². The Morgan fingerprint density at radius 3 is 3.08 bits per heavy atom. The summed E-state index contributed by atoms with van der Waals surface area (Å²) in [7, 11) is 0. The molecule has 2 heterocycles. The lowest BCUT2D eigenvalue weighted by atomic mass is 10.1. The number of carbonyl (C=O) groups excluding carboxylic acids is 1. The highest BCUT2D eigenvalue weighted by atomic mass is 16.7. The van der Waals surface area contributed by atoms with Gasteiger partial charge < -0.3 is 9.47 Å². The maximum atomic E-state index is 11.1. The molecule has 0 unspecified atom stereocenters. The van der Waals surface area contributed by atoms with Crippen LogP contribution in [0.5, 0.6) is 0 Å². The monoisotopic (exact) mass is 166 g/mol. The maximum absolute atomic E-state index is 11.1. The van der Waals surface area contributed by atoms with Crippen molar-refractivity contribution in [3.63, 3.8) is 0 Å². The minimum atomic E-state index is 0.153. The molecule has 3 nitrogen and oxygen atoms in total. The fourth-order valence-electron chi connectivity index (χ4n) is 1.89. The first-order valence-electron chi connectivity index (χ1n) is 4.28. The van der Waals surface area contributed by atoms with Crippen molar-refractivity contribution >= 4 is 5.78 Å². The van der Waals surface area contributed by atoms with Crippen molar-refractivity contribution in [3.8, 4) is 0 Å². The van der Waals surface area contributed by atoms with Gasteiger partial charge in [-0.2, -0.15) is 0 Å². The molecule has 1 aliphatic carbocycles. The van der Waals surface area contributed by atoms with E-state index in [-0.39, 0.29) is 30.2 Å². The standard InChI is InChI=1S/C9H10O3/c1-4(10)5-2-6-8(11-6)9-7(3-5)12-9/h2,6-9H,3H2,1H3/t6-,7+,8-,9+/m1/s1. The van der Waals surface area contributed by atoms with Gasteiger partial charge >= 0.3 is 0 Å². The normalized spacial score (nSPS) is 48.2. The first-order valence-corrected chi connectivity index (χ1v) is 4.28. The molecule has 2 aliphatic heterocycles. The van der Waals surface area contributed by atoms with E-state index in [4.69, 9.17) is 9.47 Å². The fourth-order valence-corrected chi connectivity index (χ4v) is 1.89. The molecule has 0 saturated carbocycles. The van der Waals surface area contributed by atoms with Crippen molar-refractivity contribution in [1.29, 1.82) is 0 Å². The van der Waals surface area contributed by atoms with Crippen LogP contribution in [0.15, 0.2) is 11.6 Å². The molecule has 12 heavy (non-hydrogen) atoms. The Kier molecular flexibility index (Phi) is 1.12. The first-order chi connectivity index (χ1) is 5.75. The highest BCUT2D eigenvalue weighted by molar-refractivity contribution is 5.93. The SMILES string of the molecule is CC(=O)C1=C[C@H]2O[C@H]2[C@H]2O[C@H]2C1. The van der Waals surface area contributed by atoms with E-state index in [2.05, 4.69) is 0 Å². The Morgan fingerprint density at radius 1 is 1.50 bits per heavy atom. The molecule has 3 heteroatoms. The largest absolute Gasteiger partial charge is 0.366 e. The van der Waals surface area contributed by atoms with Crippen LogP contribution in [-0.4, -0.2) is 30.2 Å². The first kappa shape index (κ1) is 6.80. The molecule has 2 fully saturated rings. The molecule has 0 aromatic rings. The lowest BCUT2D eigenvalue weighted by molar-refractivity contribution is -0.113. The van der Waals surface area contributed by atoms with Gasteiger partial charge in [-0.05, 0) is 18.6 Å². The summed E-state index contributed by atoms with van der Waals surface area (Å²) in [5, 5.41) is 0. The number of rotatable bonds is 1. The van der Waals surface area contributed by atoms with Crippen molar-refractivity contribution < 1.29 is 14.3 Å². The van der Waals surface area contributed by atoms with Crippen LogP contribution in [0.3, 0.4) is 0 Å². The molecule has 0 radical (unpaired) electrons. The van der Waals surface area contributed by atoms with Gasteiger partial charge in [-0.1, -0.05) is 0 Å². The third-order valence-electron chi connectivity index (χ3n) is 2.75. The van der Waals surface area contributed by atoms with Gasteiger partial charge in [0, 0.05) is 6.42 Å². The second-order valence-electron chi connectivity index (χ2n) is 3.66. The van der Waals surface area contributed by atoms with Gasteiger partial charge in [0.25, 0.3) is 0 Å². The third kappa shape index (κ3) is 0.867. The minimum absolute atomic E-state index is 0.153. The molecule has 3 rings (SSSR count). The van der Waals surface area contributed by atoms with Crippen molar-refractivity contribution in [2.75, 3.05) is 0 Å². The van der Waals surface area contributed by atoms with Gasteiger partial charge in [0.1, 0.15) is 18.3 Å². The van der Waals surface area contributed by atoms with Crippen LogP contribution >= 0.6 is 0 Å². The van der Waals surface area contributed by atoms with Gasteiger partial charge in [0.05, 0.1) is 6.10 Å². The zero-order chi connectivity index (χ0) is 8.29. The summed E-state index contributed by atoms with van der Waals surface area (Å²) in [6, 6.07) is 0. The number of carbonyl (C=O) groups is 1. The molecule has 0 amide bonds. The predicted molar refractivity (Wildman–Crippen MR) is 40.7 cm³/mol. The smallest absolute Gasteiger partial charge is 0.155 e. The molecule has 0 aromatic heterocycles. The zero-order valence-corrected chi connectivity index (χ0v) is 6.82. The number of ether oxygens (including phenoxy) is 2. The Morgan fingerprint density at radius 2 is 2.33 bits per heavy atom. The third-order valence-corrected chi connectivity index (χ3v) is 2.75. The van der Waals surface area contributed by atoms with Crippen LogP contribution in [0.4, 0.5) is 0 Å². The lowest BCUT2D eigenvalue weighted by Gasteiger charge is -1.97. The van der Waals surface area contributed by atoms with E-state index in [0.717, 1.165) is 12.0 Å².